The van der Waals surface area contributed by atoms with Gasteiger partial charge in [0, 0.05) is 6.42 Å². The minimum atomic E-state index is -1.74. The summed E-state index contributed by atoms with van der Waals surface area (Å²) in [6, 6.07) is 0. The first-order chi connectivity index (χ1) is 7.74. The Kier molecular flexibility index (Phi) is 6.52. The maximum atomic E-state index is 6.27. The summed E-state index contributed by atoms with van der Waals surface area (Å²) in [5.41, 5.74) is 0. The van der Waals surface area contributed by atoms with Crippen LogP contribution in [0.25, 0.3) is 0 Å². The fraction of sp³-hybridized carbons (Fsp3) is 0.600. The van der Waals surface area contributed by atoms with Crippen molar-refractivity contribution in [2.24, 2.45) is 0 Å². The average Bonchev–Trinajstić information content (AvgIpc) is 2.16. The summed E-state index contributed by atoms with van der Waals surface area (Å²) in [5, 5.41) is 0.217. The predicted octanol–water partition coefficient (Wildman–Crippen LogP) is 4.53. The van der Waals surface area contributed by atoms with Crippen LogP contribution < -0.4 is 0 Å². The highest BCUT2D eigenvalue weighted by atomic mass is 28.4. The van der Waals surface area contributed by atoms with Crippen LogP contribution in [0.3, 0.4) is 0 Å². The lowest BCUT2D eigenvalue weighted by Gasteiger charge is -2.38. The van der Waals surface area contributed by atoms with Gasteiger partial charge in [-0.2, -0.15) is 0 Å². The van der Waals surface area contributed by atoms with Crippen LogP contribution >= 0.6 is 0 Å². The van der Waals surface area contributed by atoms with Crippen molar-refractivity contribution in [1.29, 1.82) is 0 Å². The SMILES string of the molecule is C#CCC(C=CC=CC)O[Si](C)(C)C(C)(C)C. The first kappa shape index (κ1) is 16.2. The number of allylic oxidation sites excluding steroid dienone is 3. The molecule has 96 valence electrons. The van der Waals surface area contributed by atoms with Crippen molar-refractivity contribution < 1.29 is 4.43 Å². The monoisotopic (exact) mass is 250 g/mol. The minimum Gasteiger partial charge on any atom is -0.410 e. The fourth-order valence-electron chi connectivity index (χ4n) is 1.12. The van der Waals surface area contributed by atoms with E-state index >= 15 is 0 Å². The van der Waals surface area contributed by atoms with Crippen LogP contribution in [0, 0.1) is 12.3 Å². The van der Waals surface area contributed by atoms with Crippen molar-refractivity contribution in [2.75, 3.05) is 0 Å². The van der Waals surface area contributed by atoms with E-state index in [2.05, 4.69) is 45.9 Å². The molecule has 0 amide bonds. The van der Waals surface area contributed by atoms with Crippen molar-refractivity contribution >= 4 is 8.32 Å². The van der Waals surface area contributed by atoms with Crippen molar-refractivity contribution in [3.8, 4) is 12.3 Å². The van der Waals surface area contributed by atoms with Gasteiger partial charge in [0.2, 0.25) is 0 Å². The Morgan fingerprint density at radius 2 is 1.88 bits per heavy atom. The summed E-state index contributed by atoms with van der Waals surface area (Å²) in [4.78, 5) is 0. The Labute approximate surface area is 108 Å². The van der Waals surface area contributed by atoms with Gasteiger partial charge in [0.15, 0.2) is 8.32 Å². The second-order valence-corrected chi connectivity index (χ2v) is 10.5. The van der Waals surface area contributed by atoms with Gasteiger partial charge in [-0.1, -0.05) is 45.1 Å². The van der Waals surface area contributed by atoms with Crippen LogP contribution in [0.15, 0.2) is 24.3 Å². The Bertz CT molecular complexity index is 313. The molecule has 1 unspecified atom stereocenters. The highest BCUT2D eigenvalue weighted by Gasteiger charge is 2.38. The third kappa shape index (κ3) is 5.91. The summed E-state index contributed by atoms with van der Waals surface area (Å²) < 4.78 is 6.27. The third-order valence-corrected chi connectivity index (χ3v) is 7.70. The molecule has 1 atom stereocenters. The fourth-order valence-corrected chi connectivity index (χ4v) is 2.39. The van der Waals surface area contributed by atoms with E-state index in [0.717, 1.165) is 0 Å². The molecule has 0 aliphatic heterocycles. The lowest BCUT2D eigenvalue weighted by molar-refractivity contribution is 0.230. The van der Waals surface area contributed by atoms with Gasteiger partial charge in [-0.15, -0.1) is 12.3 Å². The summed E-state index contributed by atoms with van der Waals surface area (Å²) in [7, 11) is -1.74. The van der Waals surface area contributed by atoms with Gasteiger partial charge < -0.3 is 4.43 Å². The highest BCUT2D eigenvalue weighted by Crippen LogP contribution is 2.37. The molecule has 0 N–H and O–H groups in total. The van der Waals surface area contributed by atoms with Crippen molar-refractivity contribution in [3.63, 3.8) is 0 Å². The largest absolute Gasteiger partial charge is 0.410 e. The van der Waals surface area contributed by atoms with Gasteiger partial charge in [0.05, 0.1) is 6.10 Å². The topological polar surface area (TPSA) is 9.23 Å². The summed E-state index contributed by atoms with van der Waals surface area (Å²) in [5.74, 6) is 2.69. The maximum absolute atomic E-state index is 6.27. The molecular weight excluding hydrogens is 224 g/mol. The molecule has 0 radical (unpaired) electrons. The van der Waals surface area contributed by atoms with Gasteiger partial charge in [-0.3, -0.25) is 0 Å². The molecule has 0 rings (SSSR count). The quantitative estimate of drug-likeness (QED) is 0.396. The number of hydrogen-bond acceptors (Lipinski definition) is 1. The lowest BCUT2D eigenvalue weighted by atomic mass is 10.2. The van der Waals surface area contributed by atoms with E-state index in [1.54, 1.807) is 0 Å². The highest BCUT2D eigenvalue weighted by molar-refractivity contribution is 6.74. The van der Waals surface area contributed by atoms with Crippen LogP contribution in [0.1, 0.15) is 34.1 Å². The molecule has 0 aromatic carbocycles. The second-order valence-electron chi connectivity index (χ2n) is 5.74. The molecule has 0 bridgehead atoms. The molecule has 0 aromatic heterocycles. The van der Waals surface area contributed by atoms with Gasteiger partial charge in [-0.05, 0) is 25.1 Å². The summed E-state index contributed by atoms with van der Waals surface area (Å²) >= 11 is 0. The normalized spacial score (nSPS) is 15.4. The molecule has 0 saturated heterocycles. The van der Waals surface area contributed by atoms with E-state index < -0.39 is 8.32 Å². The van der Waals surface area contributed by atoms with Crippen LogP contribution in [0.5, 0.6) is 0 Å². The van der Waals surface area contributed by atoms with E-state index in [1.807, 2.05) is 25.2 Å². The molecule has 1 nitrogen and oxygen atoms in total. The molecular formula is C15H26OSi. The zero-order valence-electron chi connectivity index (χ0n) is 12.1. The van der Waals surface area contributed by atoms with E-state index in [-0.39, 0.29) is 11.1 Å². The number of rotatable bonds is 5. The molecule has 0 saturated carbocycles. The van der Waals surface area contributed by atoms with Crippen LogP contribution in [-0.2, 0) is 4.43 Å². The molecule has 2 heteroatoms. The smallest absolute Gasteiger partial charge is 0.192 e. The zero-order chi connectivity index (χ0) is 13.5. The van der Waals surface area contributed by atoms with Crippen molar-refractivity contribution in [3.05, 3.63) is 24.3 Å². The first-order valence-electron chi connectivity index (χ1n) is 6.15. The van der Waals surface area contributed by atoms with E-state index in [1.165, 1.54) is 0 Å². The maximum Gasteiger partial charge on any atom is 0.192 e. The molecule has 0 heterocycles. The lowest BCUT2D eigenvalue weighted by Crippen LogP contribution is -2.43. The van der Waals surface area contributed by atoms with Crippen LogP contribution in [0.4, 0.5) is 0 Å². The Balaban J connectivity index is 4.71. The molecule has 0 aliphatic carbocycles. The molecule has 0 fully saturated rings. The molecule has 0 aromatic rings. The van der Waals surface area contributed by atoms with Gasteiger partial charge in [0.25, 0.3) is 0 Å². The standard InChI is InChI=1S/C15H26OSi/c1-8-10-11-13-14(12-9-2)16-17(6,7)15(3,4)5/h2,8,10-11,13-14H,12H2,1,3-7H3. The Morgan fingerprint density at radius 1 is 1.29 bits per heavy atom. The van der Waals surface area contributed by atoms with Gasteiger partial charge in [-0.25, -0.2) is 0 Å². The van der Waals surface area contributed by atoms with Gasteiger partial charge >= 0.3 is 0 Å². The Hall–Kier alpha value is -0.783. The minimum absolute atomic E-state index is 0.0390. The Morgan fingerprint density at radius 3 is 2.29 bits per heavy atom. The predicted molar refractivity (Wildman–Crippen MR) is 79.5 cm³/mol. The number of terminal acetylenes is 1. The summed E-state index contributed by atoms with van der Waals surface area (Å²) in [6.45, 7) is 13.2. The average molecular weight is 250 g/mol. The third-order valence-electron chi connectivity index (χ3n) is 3.20. The molecule has 0 aliphatic rings. The van der Waals surface area contributed by atoms with E-state index in [9.17, 15) is 0 Å². The second kappa shape index (κ2) is 6.83. The van der Waals surface area contributed by atoms with E-state index in [4.69, 9.17) is 10.8 Å². The van der Waals surface area contributed by atoms with Crippen LogP contribution in [-0.4, -0.2) is 14.4 Å². The van der Waals surface area contributed by atoms with Gasteiger partial charge in [0.1, 0.15) is 0 Å². The molecule has 0 spiro atoms. The van der Waals surface area contributed by atoms with Crippen LogP contribution in [0.2, 0.25) is 18.1 Å². The summed E-state index contributed by atoms with van der Waals surface area (Å²) in [6.07, 6.45) is 14.1. The van der Waals surface area contributed by atoms with E-state index in [0.29, 0.717) is 6.42 Å². The van der Waals surface area contributed by atoms with Crippen molar-refractivity contribution in [1.82, 2.24) is 0 Å². The number of hydrogen-bond donors (Lipinski definition) is 0. The first-order valence-corrected chi connectivity index (χ1v) is 9.06. The molecule has 17 heavy (non-hydrogen) atoms. The zero-order valence-corrected chi connectivity index (χ0v) is 13.1. The van der Waals surface area contributed by atoms with Crippen molar-refractivity contribution in [2.45, 2.75) is 58.4 Å².